The van der Waals surface area contributed by atoms with Crippen LogP contribution in [0, 0.1) is 5.41 Å². The Bertz CT molecular complexity index is 333. The van der Waals surface area contributed by atoms with Crippen molar-refractivity contribution in [2.75, 3.05) is 20.1 Å². The molecule has 0 radical (unpaired) electrons. The number of nitrogens with one attached hydrogen (secondary N) is 3. The fourth-order valence-corrected chi connectivity index (χ4v) is 2.42. The van der Waals surface area contributed by atoms with Crippen LogP contribution in [0.25, 0.3) is 0 Å². The van der Waals surface area contributed by atoms with Crippen LogP contribution in [-0.4, -0.2) is 38.0 Å². The summed E-state index contributed by atoms with van der Waals surface area (Å²) in [5, 5.41) is 9.60. The van der Waals surface area contributed by atoms with Gasteiger partial charge in [0.15, 0.2) is 5.96 Å². The van der Waals surface area contributed by atoms with Gasteiger partial charge in [0, 0.05) is 26.2 Å². The minimum Gasteiger partial charge on any atom is -0.356 e. The first-order valence-electron chi connectivity index (χ1n) is 7.75. The molecule has 1 amide bonds. The van der Waals surface area contributed by atoms with E-state index in [1.54, 1.807) is 7.05 Å². The Labute approximate surface area is 123 Å². The minimum atomic E-state index is -0.444. The molecule has 0 aromatic heterocycles. The summed E-state index contributed by atoms with van der Waals surface area (Å²) in [6, 6.07) is 0.516. The third-order valence-electron chi connectivity index (χ3n) is 3.82. The number of aliphatic imine (C=N–C) groups is 1. The van der Waals surface area contributed by atoms with Crippen LogP contribution in [-0.2, 0) is 4.79 Å². The number of guanidine groups is 1. The smallest absolute Gasteiger partial charge is 0.227 e. The summed E-state index contributed by atoms with van der Waals surface area (Å²) in [7, 11) is 1.78. The van der Waals surface area contributed by atoms with E-state index in [-0.39, 0.29) is 5.91 Å². The Hall–Kier alpha value is -1.26. The van der Waals surface area contributed by atoms with Crippen LogP contribution < -0.4 is 16.0 Å². The van der Waals surface area contributed by atoms with Gasteiger partial charge in [-0.05, 0) is 33.6 Å². The minimum absolute atomic E-state index is 0.0700. The fraction of sp³-hybridized carbons (Fsp3) is 0.867. The third kappa shape index (κ3) is 5.39. The van der Waals surface area contributed by atoms with Crippen molar-refractivity contribution < 1.29 is 4.79 Å². The van der Waals surface area contributed by atoms with Gasteiger partial charge in [-0.1, -0.05) is 19.3 Å². The predicted molar refractivity (Wildman–Crippen MR) is 83.8 cm³/mol. The van der Waals surface area contributed by atoms with Gasteiger partial charge in [0.25, 0.3) is 0 Å². The molecule has 0 spiro atoms. The van der Waals surface area contributed by atoms with Crippen molar-refractivity contribution in [2.45, 2.75) is 58.9 Å². The topological polar surface area (TPSA) is 65.5 Å². The van der Waals surface area contributed by atoms with Gasteiger partial charge in [0.1, 0.15) is 0 Å². The summed E-state index contributed by atoms with van der Waals surface area (Å²) in [6.45, 7) is 7.06. The zero-order chi connectivity index (χ0) is 15.0. The highest BCUT2D eigenvalue weighted by Crippen LogP contribution is 2.17. The van der Waals surface area contributed by atoms with E-state index >= 15 is 0 Å². The van der Waals surface area contributed by atoms with Crippen molar-refractivity contribution in [2.24, 2.45) is 10.4 Å². The van der Waals surface area contributed by atoms with Gasteiger partial charge in [-0.25, -0.2) is 0 Å². The third-order valence-corrected chi connectivity index (χ3v) is 3.82. The summed E-state index contributed by atoms with van der Waals surface area (Å²) in [6.07, 6.45) is 6.34. The number of hydrogen-bond donors (Lipinski definition) is 3. The van der Waals surface area contributed by atoms with Gasteiger partial charge in [-0.15, -0.1) is 0 Å². The van der Waals surface area contributed by atoms with Crippen LogP contribution in [0.3, 0.4) is 0 Å². The number of carbonyl (C=O) groups is 1. The Kier molecular flexibility index (Phi) is 6.82. The number of hydrogen-bond acceptors (Lipinski definition) is 2. The fourth-order valence-electron chi connectivity index (χ4n) is 2.42. The quantitative estimate of drug-likeness (QED) is 0.530. The van der Waals surface area contributed by atoms with Crippen LogP contribution in [0.5, 0.6) is 0 Å². The second-order valence-electron chi connectivity index (χ2n) is 6.15. The maximum atomic E-state index is 11.9. The monoisotopic (exact) mass is 282 g/mol. The van der Waals surface area contributed by atoms with Gasteiger partial charge in [-0.2, -0.15) is 0 Å². The van der Waals surface area contributed by atoms with E-state index in [4.69, 9.17) is 0 Å². The highest BCUT2D eigenvalue weighted by molar-refractivity contribution is 5.84. The molecule has 5 heteroatoms. The van der Waals surface area contributed by atoms with Gasteiger partial charge in [0.2, 0.25) is 5.91 Å². The van der Waals surface area contributed by atoms with Gasteiger partial charge < -0.3 is 16.0 Å². The molecule has 0 heterocycles. The summed E-state index contributed by atoms with van der Waals surface area (Å²) < 4.78 is 0. The summed E-state index contributed by atoms with van der Waals surface area (Å²) in [5.41, 5.74) is -0.444. The molecule has 1 rings (SSSR count). The lowest BCUT2D eigenvalue weighted by molar-refractivity contribution is -0.128. The number of carbonyl (C=O) groups excluding carboxylic acids is 1. The standard InChI is InChI=1S/C15H30N4O/c1-5-17-13(20)15(2,3)11-18-14(16-4)19-12-9-7-6-8-10-12/h12H,5-11H2,1-4H3,(H,17,20)(H2,16,18,19). The van der Waals surface area contributed by atoms with Crippen LogP contribution in [0.15, 0.2) is 4.99 Å². The second-order valence-corrected chi connectivity index (χ2v) is 6.15. The van der Waals surface area contributed by atoms with Crippen molar-refractivity contribution in [1.29, 1.82) is 0 Å². The van der Waals surface area contributed by atoms with Crippen molar-refractivity contribution in [3.63, 3.8) is 0 Å². The molecule has 1 aliphatic carbocycles. The molecule has 0 unspecified atom stereocenters. The first-order valence-corrected chi connectivity index (χ1v) is 7.75. The molecule has 1 aliphatic rings. The average Bonchev–Trinajstić information content (AvgIpc) is 2.44. The normalized spacial score (nSPS) is 17.7. The molecular weight excluding hydrogens is 252 g/mol. The van der Waals surface area contributed by atoms with Crippen LogP contribution >= 0.6 is 0 Å². The molecule has 20 heavy (non-hydrogen) atoms. The molecule has 0 bridgehead atoms. The Balaban J connectivity index is 2.42. The van der Waals surface area contributed by atoms with Crippen molar-refractivity contribution in [1.82, 2.24) is 16.0 Å². The lowest BCUT2D eigenvalue weighted by atomic mass is 9.92. The second kappa shape index (κ2) is 8.12. The van der Waals surface area contributed by atoms with Gasteiger partial charge in [0.05, 0.1) is 5.41 Å². The molecule has 1 fully saturated rings. The highest BCUT2D eigenvalue weighted by atomic mass is 16.2. The number of nitrogens with zero attached hydrogens (tertiary/aromatic N) is 1. The van der Waals surface area contributed by atoms with Crippen LogP contribution in [0.2, 0.25) is 0 Å². The lowest BCUT2D eigenvalue weighted by Crippen LogP contribution is -2.50. The van der Waals surface area contributed by atoms with E-state index in [1.165, 1.54) is 32.1 Å². The SMILES string of the molecule is CCNC(=O)C(C)(C)CNC(=NC)NC1CCCCC1. The first kappa shape index (κ1) is 16.8. The predicted octanol–water partition coefficient (Wildman–Crippen LogP) is 1.65. The molecule has 0 saturated heterocycles. The zero-order valence-corrected chi connectivity index (χ0v) is 13.4. The van der Waals surface area contributed by atoms with E-state index in [1.807, 2.05) is 20.8 Å². The molecule has 5 nitrogen and oxygen atoms in total. The van der Waals surface area contributed by atoms with Gasteiger partial charge >= 0.3 is 0 Å². The van der Waals surface area contributed by atoms with Crippen LogP contribution in [0.1, 0.15) is 52.9 Å². The average molecular weight is 282 g/mol. The highest BCUT2D eigenvalue weighted by Gasteiger charge is 2.27. The molecule has 0 aromatic rings. The van der Waals surface area contributed by atoms with Crippen molar-refractivity contribution >= 4 is 11.9 Å². The maximum absolute atomic E-state index is 11.9. The van der Waals surface area contributed by atoms with E-state index < -0.39 is 5.41 Å². The Morgan fingerprint density at radius 2 is 1.85 bits per heavy atom. The zero-order valence-electron chi connectivity index (χ0n) is 13.4. The molecule has 1 saturated carbocycles. The molecular formula is C15H30N4O. The van der Waals surface area contributed by atoms with E-state index in [0.29, 0.717) is 19.1 Å². The summed E-state index contributed by atoms with van der Waals surface area (Å²) in [5.74, 6) is 0.870. The molecule has 0 atom stereocenters. The summed E-state index contributed by atoms with van der Waals surface area (Å²) in [4.78, 5) is 16.2. The molecule has 0 aromatic carbocycles. The maximum Gasteiger partial charge on any atom is 0.227 e. The lowest BCUT2D eigenvalue weighted by Gasteiger charge is -2.28. The van der Waals surface area contributed by atoms with Crippen LogP contribution in [0.4, 0.5) is 0 Å². The molecule has 3 N–H and O–H groups in total. The van der Waals surface area contributed by atoms with Gasteiger partial charge in [-0.3, -0.25) is 9.79 Å². The molecule has 0 aliphatic heterocycles. The first-order chi connectivity index (χ1) is 9.49. The van der Waals surface area contributed by atoms with E-state index in [0.717, 1.165) is 5.96 Å². The number of rotatable bonds is 5. The Morgan fingerprint density at radius 3 is 2.40 bits per heavy atom. The van der Waals surface area contributed by atoms with E-state index in [2.05, 4.69) is 20.9 Å². The molecule has 116 valence electrons. The van der Waals surface area contributed by atoms with Crippen molar-refractivity contribution in [3.8, 4) is 0 Å². The summed E-state index contributed by atoms with van der Waals surface area (Å²) >= 11 is 0. The largest absolute Gasteiger partial charge is 0.356 e. The Morgan fingerprint density at radius 1 is 1.20 bits per heavy atom. The number of amides is 1. The van der Waals surface area contributed by atoms with E-state index in [9.17, 15) is 4.79 Å². The van der Waals surface area contributed by atoms with Crippen molar-refractivity contribution in [3.05, 3.63) is 0 Å².